The van der Waals surface area contributed by atoms with E-state index in [4.69, 9.17) is 44.6 Å². The standard InChI is InChI=1S/C3H6O.4C2H6N2.Zr/c1-3(2)4;4*1-2(3)4;/h1-2H3;4*1H3,(H3,3,4);. The molecule has 124 valence electrons. The average Bonchev–Trinajstić information content (AvgIpc) is 1.94. The molecule has 10 heteroatoms. The van der Waals surface area contributed by atoms with Crippen LogP contribution in [-0.2, 0) is 31.0 Å². The molecule has 0 aromatic heterocycles. The van der Waals surface area contributed by atoms with Crippen LogP contribution in [0.25, 0.3) is 0 Å². The fourth-order valence-corrected chi connectivity index (χ4v) is 0. The van der Waals surface area contributed by atoms with Crippen LogP contribution in [0.15, 0.2) is 0 Å². The van der Waals surface area contributed by atoms with E-state index in [0.717, 1.165) is 0 Å². The number of carbonyl (C=O) groups is 1. The predicted octanol–water partition coefficient (Wildman–Crippen LogP) is 0.362. The van der Waals surface area contributed by atoms with Crippen molar-refractivity contribution in [1.29, 1.82) is 21.6 Å². The van der Waals surface area contributed by atoms with Crippen molar-refractivity contribution >= 4 is 29.1 Å². The summed E-state index contributed by atoms with van der Waals surface area (Å²) < 4.78 is 0. The summed E-state index contributed by atoms with van der Waals surface area (Å²) in [5.41, 5.74) is 18.8. The third kappa shape index (κ3) is 2030. The first-order valence-electron chi connectivity index (χ1n) is 5.36. The smallest absolute Gasteiger partial charge is 0.126 e. The Morgan fingerprint density at radius 2 is 0.571 bits per heavy atom. The minimum Gasteiger partial charge on any atom is -0.388 e. The van der Waals surface area contributed by atoms with Gasteiger partial charge in [-0.1, -0.05) is 0 Å². The molecule has 0 aliphatic heterocycles. The third-order valence-corrected chi connectivity index (χ3v) is 0. The maximum atomic E-state index is 9.44. The number of Topliss-reactive ketones (excluding diaryl/α,β-unsaturated/α-hetero) is 1. The van der Waals surface area contributed by atoms with Gasteiger partial charge in [-0.2, -0.15) is 0 Å². The van der Waals surface area contributed by atoms with Crippen molar-refractivity contribution in [2.45, 2.75) is 41.5 Å². The molecule has 0 unspecified atom stereocenters. The number of carbonyl (C=O) groups excluding carboxylic acids is 1. The Morgan fingerprint density at radius 1 is 0.571 bits per heavy atom. The summed E-state index contributed by atoms with van der Waals surface area (Å²) in [6.45, 7) is 9.17. The molecule has 0 heterocycles. The Hall–Kier alpha value is -1.57. The first-order valence-corrected chi connectivity index (χ1v) is 5.36. The quantitative estimate of drug-likeness (QED) is 0.219. The van der Waals surface area contributed by atoms with E-state index in [0.29, 0.717) is 0 Å². The Bertz CT molecular complexity index is 215. The molecule has 0 aliphatic rings. The number of rotatable bonds is 0. The Kier molecular flexibility index (Phi) is 54.1. The van der Waals surface area contributed by atoms with E-state index in [-0.39, 0.29) is 55.3 Å². The zero-order valence-electron chi connectivity index (χ0n) is 13.7. The van der Waals surface area contributed by atoms with Gasteiger partial charge in [0.2, 0.25) is 0 Å². The molecule has 9 nitrogen and oxygen atoms in total. The van der Waals surface area contributed by atoms with Crippen molar-refractivity contribution in [2.75, 3.05) is 0 Å². The van der Waals surface area contributed by atoms with Gasteiger partial charge in [0, 0.05) is 26.2 Å². The maximum absolute atomic E-state index is 9.44. The molecule has 0 saturated carbocycles. The van der Waals surface area contributed by atoms with Gasteiger partial charge in [0.1, 0.15) is 5.78 Å². The molecule has 0 radical (unpaired) electrons. The Morgan fingerprint density at radius 3 is 0.571 bits per heavy atom. The summed E-state index contributed by atoms with van der Waals surface area (Å²) in [4.78, 5) is 9.44. The van der Waals surface area contributed by atoms with Gasteiger partial charge in [0.25, 0.3) is 0 Å². The van der Waals surface area contributed by atoms with Gasteiger partial charge in [-0.05, 0) is 41.5 Å². The van der Waals surface area contributed by atoms with Crippen LogP contribution in [0.2, 0.25) is 0 Å². The first kappa shape index (κ1) is 36.6. The minimum atomic E-state index is 0. The van der Waals surface area contributed by atoms with E-state index in [1.165, 1.54) is 41.5 Å². The van der Waals surface area contributed by atoms with Crippen LogP contribution in [0, 0.1) is 21.6 Å². The van der Waals surface area contributed by atoms with E-state index >= 15 is 0 Å². The fraction of sp³-hybridized carbons (Fsp3) is 0.545. The molecule has 0 bridgehead atoms. The largest absolute Gasteiger partial charge is 0.388 e. The summed E-state index contributed by atoms with van der Waals surface area (Å²) in [7, 11) is 0. The van der Waals surface area contributed by atoms with E-state index in [1.54, 1.807) is 0 Å². The van der Waals surface area contributed by atoms with E-state index in [2.05, 4.69) is 0 Å². The van der Waals surface area contributed by atoms with Gasteiger partial charge < -0.3 is 27.7 Å². The van der Waals surface area contributed by atoms with Crippen LogP contribution in [-0.4, -0.2) is 29.1 Å². The second-order valence-electron chi connectivity index (χ2n) is 3.64. The van der Waals surface area contributed by atoms with Crippen LogP contribution in [0.1, 0.15) is 41.5 Å². The second-order valence-corrected chi connectivity index (χ2v) is 3.64. The number of hydrogen-bond acceptors (Lipinski definition) is 5. The number of nitrogens with two attached hydrogens (primary N) is 4. The molecular formula is C11H30N8OZr. The second kappa shape index (κ2) is 31.0. The summed E-state index contributed by atoms with van der Waals surface area (Å²) in [5, 5.41) is 25.1. The first-order chi connectivity index (χ1) is 8.66. The molecule has 0 saturated heterocycles. The van der Waals surface area contributed by atoms with Crippen molar-refractivity contribution in [3.8, 4) is 0 Å². The number of hydrogen-bond donors (Lipinski definition) is 8. The zero-order valence-corrected chi connectivity index (χ0v) is 16.2. The van der Waals surface area contributed by atoms with Gasteiger partial charge in [-0.25, -0.2) is 0 Å². The molecular weight excluding hydrogens is 351 g/mol. The van der Waals surface area contributed by atoms with Gasteiger partial charge >= 0.3 is 0 Å². The van der Waals surface area contributed by atoms with Gasteiger partial charge in [0.05, 0.1) is 23.3 Å². The number of amidine groups is 4. The molecule has 0 aromatic carbocycles. The zero-order chi connectivity index (χ0) is 17.9. The van der Waals surface area contributed by atoms with Crippen LogP contribution < -0.4 is 22.9 Å². The molecule has 0 aromatic rings. The van der Waals surface area contributed by atoms with Crippen molar-refractivity contribution in [3.05, 3.63) is 0 Å². The van der Waals surface area contributed by atoms with Crippen LogP contribution in [0.3, 0.4) is 0 Å². The molecule has 0 fully saturated rings. The van der Waals surface area contributed by atoms with Crippen LogP contribution in [0.4, 0.5) is 0 Å². The SMILES string of the molecule is CC(=N)N.CC(=N)N.CC(=N)N.CC(=N)N.CC(C)=O.[Zr]. The molecule has 0 aliphatic carbocycles. The Balaban J connectivity index is -0.0000000331. The molecule has 0 rings (SSSR count). The monoisotopic (exact) mass is 380 g/mol. The van der Waals surface area contributed by atoms with E-state index in [9.17, 15) is 4.79 Å². The average molecular weight is 382 g/mol. The third-order valence-electron chi connectivity index (χ3n) is 0. The van der Waals surface area contributed by atoms with Crippen molar-refractivity contribution in [1.82, 2.24) is 0 Å². The molecule has 0 amide bonds. The van der Waals surface area contributed by atoms with E-state index < -0.39 is 0 Å². The minimum absolute atomic E-state index is 0. The van der Waals surface area contributed by atoms with Gasteiger partial charge in [-0.15, -0.1) is 0 Å². The molecule has 0 spiro atoms. The maximum Gasteiger partial charge on any atom is 0.126 e. The van der Waals surface area contributed by atoms with E-state index in [1.807, 2.05) is 0 Å². The summed E-state index contributed by atoms with van der Waals surface area (Å²) in [6, 6.07) is 0. The predicted molar refractivity (Wildman–Crippen MR) is 86.7 cm³/mol. The Labute approximate surface area is 146 Å². The number of ketones is 1. The van der Waals surface area contributed by atoms with Crippen molar-refractivity contribution in [3.63, 3.8) is 0 Å². The van der Waals surface area contributed by atoms with Crippen LogP contribution >= 0.6 is 0 Å². The van der Waals surface area contributed by atoms with Crippen LogP contribution in [0.5, 0.6) is 0 Å². The van der Waals surface area contributed by atoms with Gasteiger partial charge in [-0.3, -0.25) is 21.6 Å². The topological polar surface area (TPSA) is 217 Å². The summed E-state index contributed by atoms with van der Waals surface area (Å²) in [6.07, 6.45) is 0. The number of nitrogens with one attached hydrogen (secondary N) is 4. The van der Waals surface area contributed by atoms with Crippen molar-refractivity contribution in [2.24, 2.45) is 22.9 Å². The molecule has 21 heavy (non-hydrogen) atoms. The van der Waals surface area contributed by atoms with Gasteiger partial charge in [0.15, 0.2) is 0 Å². The van der Waals surface area contributed by atoms with Crippen molar-refractivity contribution < 1.29 is 31.0 Å². The summed E-state index contributed by atoms with van der Waals surface area (Å²) in [5.74, 6) is 0.833. The molecule has 12 N–H and O–H groups in total. The molecule has 0 atom stereocenters. The normalized spacial score (nSPS) is 6.00. The summed E-state index contributed by atoms with van der Waals surface area (Å²) >= 11 is 0. The fourth-order valence-electron chi connectivity index (χ4n) is 0.